The molecule has 1 N–H and O–H groups in total. The molecule has 0 aliphatic carbocycles. The number of amides is 1. The first-order chi connectivity index (χ1) is 15.3. The summed E-state index contributed by atoms with van der Waals surface area (Å²) in [5.41, 5.74) is 1.59. The quantitative estimate of drug-likeness (QED) is 0.303. The van der Waals surface area contributed by atoms with Crippen LogP contribution in [0.15, 0.2) is 35.9 Å². The lowest BCUT2D eigenvalue weighted by atomic mass is 10.1. The summed E-state index contributed by atoms with van der Waals surface area (Å²) in [4.78, 5) is 24.2. The van der Waals surface area contributed by atoms with Gasteiger partial charge in [-0.25, -0.2) is 4.79 Å². The van der Waals surface area contributed by atoms with Crippen molar-refractivity contribution in [2.45, 2.75) is 20.8 Å². The molecule has 2 rings (SSSR count). The van der Waals surface area contributed by atoms with E-state index in [1.807, 2.05) is 13.0 Å². The summed E-state index contributed by atoms with van der Waals surface area (Å²) in [5, 5.41) is 12.8. The summed E-state index contributed by atoms with van der Waals surface area (Å²) in [5.74, 6) is -0.723. The second-order valence-corrected chi connectivity index (χ2v) is 7.28. The lowest BCUT2D eigenvalue weighted by molar-refractivity contribution is -0.145. The minimum absolute atomic E-state index is 0.148. The van der Waals surface area contributed by atoms with Gasteiger partial charge in [-0.05, 0) is 62.2 Å². The van der Waals surface area contributed by atoms with Crippen LogP contribution in [0.2, 0.25) is 10.0 Å². The van der Waals surface area contributed by atoms with Crippen LogP contribution in [-0.2, 0) is 14.3 Å². The molecule has 2 aromatic carbocycles. The minimum atomic E-state index is -0.602. The van der Waals surface area contributed by atoms with E-state index in [1.165, 1.54) is 12.1 Å². The Hall–Kier alpha value is -3.21. The third-order valence-corrected chi connectivity index (χ3v) is 4.61. The van der Waals surface area contributed by atoms with Crippen molar-refractivity contribution in [3.63, 3.8) is 0 Å². The van der Waals surface area contributed by atoms with Crippen molar-refractivity contribution in [3.8, 4) is 17.6 Å². The van der Waals surface area contributed by atoms with E-state index in [-0.39, 0.29) is 35.3 Å². The number of benzene rings is 2. The number of carbonyl (C=O) groups excluding carboxylic acids is 2. The van der Waals surface area contributed by atoms with Gasteiger partial charge in [-0.3, -0.25) is 4.79 Å². The highest BCUT2D eigenvalue weighted by atomic mass is 35.5. The summed E-state index contributed by atoms with van der Waals surface area (Å²) in [6.45, 7) is 5.46. The van der Waals surface area contributed by atoms with Gasteiger partial charge in [0.1, 0.15) is 11.6 Å². The highest BCUT2D eigenvalue weighted by molar-refractivity contribution is 6.32. The molecule has 0 unspecified atom stereocenters. The van der Waals surface area contributed by atoms with Gasteiger partial charge in [-0.2, -0.15) is 5.26 Å². The molecule has 0 heterocycles. The predicted octanol–water partition coefficient (Wildman–Crippen LogP) is 5.19. The third-order valence-electron chi connectivity index (χ3n) is 4.10. The number of hydrogen-bond acceptors (Lipinski definition) is 6. The summed E-state index contributed by atoms with van der Waals surface area (Å²) in [7, 11) is 0. The Morgan fingerprint density at radius 2 is 1.88 bits per heavy atom. The highest BCUT2D eigenvalue weighted by Crippen LogP contribution is 2.37. The SMILES string of the molecule is CCOC(=O)COc1c(Cl)cc(/C=C(\C#N)C(=O)Nc2cc(Cl)ccc2C)cc1OCC. The summed E-state index contributed by atoms with van der Waals surface area (Å²) in [6, 6.07) is 10.0. The summed E-state index contributed by atoms with van der Waals surface area (Å²) < 4.78 is 15.9. The molecule has 0 saturated carbocycles. The number of esters is 1. The van der Waals surface area contributed by atoms with Crippen molar-refractivity contribution >= 4 is 46.8 Å². The molecule has 7 nitrogen and oxygen atoms in total. The number of nitriles is 1. The Morgan fingerprint density at radius 1 is 1.12 bits per heavy atom. The highest BCUT2D eigenvalue weighted by Gasteiger charge is 2.16. The molecule has 1 amide bonds. The van der Waals surface area contributed by atoms with Crippen LogP contribution in [0.1, 0.15) is 25.0 Å². The fraction of sp³-hybridized carbons (Fsp3) is 0.261. The number of hydrogen-bond donors (Lipinski definition) is 1. The summed E-state index contributed by atoms with van der Waals surface area (Å²) >= 11 is 12.3. The van der Waals surface area contributed by atoms with E-state index in [1.54, 1.807) is 38.1 Å². The average molecular weight is 477 g/mol. The number of rotatable bonds is 9. The first-order valence-corrected chi connectivity index (χ1v) is 10.5. The normalized spacial score (nSPS) is 10.8. The van der Waals surface area contributed by atoms with Gasteiger partial charge < -0.3 is 19.5 Å². The molecule has 0 atom stereocenters. The van der Waals surface area contributed by atoms with Crippen LogP contribution < -0.4 is 14.8 Å². The Balaban J connectivity index is 2.31. The first kappa shape index (κ1) is 25.1. The third kappa shape index (κ3) is 6.91. The van der Waals surface area contributed by atoms with Crippen molar-refractivity contribution in [1.29, 1.82) is 5.26 Å². The Bertz CT molecular complexity index is 1080. The van der Waals surface area contributed by atoms with E-state index in [9.17, 15) is 14.9 Å². The van der Waals surface area contributed by atoms with Crippen LogP contribution in [0.4, 0.5) is 5.69 Å². The van der Waals surface area contributed by atoms with E-state index in [2.05, 4.69) is 5.32 Å². The Morgan fingerprint density at radius 3 is 2.53 bits per heavy atom. The fourth-order valence-corrected chi connectivity index (χ4v) is 3.09. The maximum atomic E-state index is 12.6. The number of nitrogens with zero attached hydrogens (tertiary/aromatic N) is 1. The molecule has 168 valence electrons. The molecule has 0 bridgehead atoms. The average Bonchev–Trinajstić information content (AvgIpc) is 2.74. The lowest BCUT2D eigenvalue weighted by Crippen LogP contribution is -2.15. The lowest BCUT2D eigenvalue weighted by Gasteiger charge is -2.14. The van der Waals surface area contributed by atoms with Crippen molar-refractivity contribution < 1.29 is 23.8 Å². The van der Waals surface area contributed by atoms with Crippen molar-refractivity contribution in [2.75, 3.05) is 25.1 Å². The van der Waals surface area contributed by atoms with Crippen LogP contribution in [0, 0.1) is 18.3 Å². The zero-order valence-corrected chi connectivity index (χ0v) is 19.3. The standard InChI is InChI=1S/C23H22Cl2N2O5/c1-4-30-20-10-15(9-18(25)22(20)32-13-21(28)31-5-2)8-16(12-26)23(29)27-19-11-17(24)7-6-14(19)3/h6-11H,4-5,13H2,1-3H3,(H,27,29)/b16-8+. The van der Waals surface area contributed by atoms with Crippen molar-refractivity contribution in [3.05, 3.63) is 57.1 Å². The molecular formula is C23H22Cl2N2O5. The van der Waals surface area contributed by atoms with Crippen molar-refractivity contribution in [1.82, 2.24) is 0 Å². The number of nitrogens with one attached hydrogen (secondary N) is 1. The van der Waals surface area contributed by atoms with Gasteiger partial charge in [0.2, 0.25) is 0 Å². The molecule has 0 aliphatic rings. The predicted molar refractivity (Wildman–Crippen MR) is 123 cm³/mol. The molecule has 9 heteroatoms. The number of carbonyl (C=O) groups is 2. The topological polar surface area (TPSA) is 97.7 Å². The smallest absolute Gasteiger partial charge is 0.344 e. The van der Waals surface area contributed by atoms with E-state index in [0.717, 1.165) is 5.56 Å². The summed E-state index contributed by atoms with van der Waals surface area (Å²) in [6.07, 6.45) is 1.37. The molecule has 0 aromatic heterocycles. The van der Waals surface area contributed by atoms with Crippen LogP contribution in [0.3, 0.4) is 0 Å². The molecule has 0 radical (unpaired) electrons. The zero-order valence-electron chi connectivity index (χ0n) is 17.8. The van der Waals surface area contributed by atoms with Gasteiger partial charge in [0, 0.05) is 10.7 Å². The van der Waals surface area contributed by atoms with Crippen LogP contribution in [-0.4, -0.2) is 31.7 Å². The van der Waals surface area contributed by atoms with Crippen LogP contribution in [0.5, 0.6) is 11.5 Å². The zero-order chi connectivity index (χ0) is 23.7. The second kappa shape index (κ2) is 12.0. The van der Waals surface area contributed by atoms with E-state index in [4.69, 9.17) is 37.4 Å². The fourth-order valence-electron chi connectivity index (χ4n) is 2.64. The van der Waals surface area contributed by atoms with E-state index >= 15 is 0 Å². The van der Waals surface area contributed by atoms with Gasteiger partial charge in [0.05, 0.1) is 18.2 Å². The van der Waals surface area contributed by atoms with Gasteiger partial charge >= 0.3 is 5.97 Å². The van der Waals surface area contributed by atoms with Crippen LogP contribution in [0.25, 0.3) is 6.08 Å². The molecule has 0 fully saturated rings. The second-order valence-electron chi connectivity index (χ2n) is 6.44. The maximum absolute atomic E-state index is 12.6. The van der Waals surface area contributed by atoms with Gasteiger partial charge in [-0.1, -0.05) is 29.3 Å². The van der Waals surface area contributed by atoms with Gasteiger partial charge in [-0.15, -0.1) is 0 Å². The van der Waals surface area contributed by atoms with E-state index < -0.39 is 11.9 Å². The number of ether oxygens (including phenoxy) is 3. The number of anilines is 1. The Kier molecular flexibility index (Phi) is 9.39. The molecule has 0 spiro atoms. The van der Waals surface area contributed by atoms with Crippen LogP contribution >= 0.6 is 23.2 Å². The van der Waals surface area contributed by atoms with Crippen molar-refractivity contribution in [2.24, 2.45) is 0 Å². The van der Waals surface area contributed by atoms with E-state index in [0.29, 0.717) is 22.9 Å². The van der Waals surface area contributed by atoms with Gasteiger partial charge in [0.25, 0.3) is 5.91 Å². The van der Waals surface area contributed by atoms with Gasteiger partial charge in [0.15, 0.2) is 18.1 Å². The molecule has 2 aromatic rings. The first-order valence-electron chi connectivity index (χ1n) is 9.73. The minimum Gasteiger partial charge on any atom is -0.490 e. The molecule has 0 aliphatic heterocycles. The number of aryl methyl sites for hydroxylation is 1. The molecule has 0 saturated heterocycles. The number of halogens is 2. The monoisotopic (exact) mass is 476 g/mol. The maximum Gasteiger partial charge on any atom is 0.344 e. The Labute approximate surface area is 196 Å². The largest absolute Gasteiger partial charge is 0.490 e. The molecular weight excluding hydrogens is 455 g/mol. The molecule has 32 heavy (non-hydrogen) atoms.